The summed E-state index contributed by atoms with van der Waals surface area (Å²) in [5.41, 5.74) is 0.983. The molecule has 0 radical (unpaired) electrons. The van der Waals surface area contributed by atoms with Gasteiger partial charge in [0.25, 0.3) is 6.43 Å². The highest BCUT2D eigenvalue weighted by molar-refractivity contribution is 5.73. The Morgan fingerprint density at radius 1 is 1.25 bits per heavy atom. The molecule has 0 aliphatic rings. The van der Waals surface area contributed by atoms with Crippen LogP contribution in [0.25, 0.3) is 11.4 Å². The predicted octanol–water partition coefficient (Wildman–Crippen LogP) is 2.83. The summed E-state index contributed by atoms with van der Waals surface area (Å²) in [4.78, 5) is 17.1. The summed E-state index contributed by atoms with van der Waals surface area (Å²) in [6.45, 7) is 0. The third-order valence-electron chi connectivity index (χ3n) is 2.16. The van der Waals surface area contributed by atoms with Crippen molar-refractivity contribution >= 4 is 6.29 Å². The lowest BCUT2D eigenvalue weighted by Crippen LogP contribution is -1.86. The van der Waals surface area contributed by atoms with E-state index in [-0.39, 0.29) is 5.56 Å². The molecule has 0 saturated heterocycles. The van der Waals surface area contributed by atoms with Crippen LogP contribution in [0.1, 0.15) is 22.5 Å². The molecule has 0 saturated carbocycles. The third kappa shape index (κ3) is 1.98. The number of carbonyl (C=O) groups excluding carboxylic acids is 1. The Morgan fingerprint density at radius 2 is 1.94 bits per heavy atom. The second-order valence-electron chi connectivity index (χ2n) is 3.23. The van der Waals surface area contributed by atoms with Crippen LogP contribution in [0.3, 0.4) is 0 Å². The zero-order valence-corrected chi connectivity index (χ0v) is 8.15. The van der Waals surface area contributed by atoms with Gasteiger partial charge in [-0.25, -0.2) is 13.8 Å². The van der Waals surface area contributed by atoms with Gasteiger partial charge < -0.3 is 4.98 Å². The zero-order chi connectivity index (χ0) is 11.5. The first kappa shape index (κ1) is 10.5. The van der Waals surface area contributed by atoms with Gasteiger partial charge in [-0.3, -0.25) is 4.79 Å². The summed E-state index contributed by atoms with van der Waals surface area (Å²) in [5, 5.41) is 0. The minimum absolute atomic E-state index is 0.0362. The van der Waals surface area contributed by atoms with E-state index < -0.39 is 6.43 Å². The van der Waals surface area contributed by atoms with Crippen LogP contribution < -0.4 is 0 Å². The van der Waals surface area contributed by atoms with Gasteiger partial charge in [-0.2, -0.15) is 0 Å². The molecule has 16 heavy (non-hydrogen) atoms. The van der Waals surface area contributed by atoms with Crippen molar-refractivity contribution in [3.63, 3.8) is 0 Å². The number of benzene rings is 1. The van der Waals surface area contributed by atoms with E-state index in [2.05, 4.69) is 9.97 Å². The maximum atomic E-state index is 12.3. The second kappa shape index (κ2) is 4.22. The topological polar surface area (TPSA) is 45.8 Å². The minimum Gasteiger partial charge on any atom is -0.336 e. The smallest absolute Gasteiger partial charge is 0.263 e. The van der Waals surface area contributed by atoms with Crippen LogP contribution in [-0.2, 0) is 0 Å². The average Bonchev–Trinajstić information content (AvgIpc) is 2.77. The van der Waals surface area contributed by atoms with Gasteiger partial charge in [0.1, 0.15) is 5.82 Å². The third-order valence-corrected chi connectivity index (χ3v) is 2.16. The number of aldehydes is 1. The van der Waals surface area contributed by atoms with Gasteiger partial charge in [-0.05, 0) is 0 Å². The molecule has 2 rings (SSSR count). The number of aromatic amines is 1. The largest absolute Gasteiger partial charge is 0.336 e. The van der Waals surface area contributed by atoms with Crippen molar-refractivity contribution in [2.75, 3.05) is 0 Å². The van der Waals surface area contributed by atoms with Crippen LogP contribution in [-0.4, -0.2) is 16.3 Å². The molecule has 0 aliphatic heterocycles. The quantitative estimate of drug-likeness (QED) is 0.811. The monoisotopic (exact) mass is 222 g/mol. The highest BCUT2D eigenvalue weighted by atomic mass is 19.3. The minimum atomic E-state index is -2.48. The standard InChI is InChI=1S/C11H8F2N2O/c12-10(13)7-1-3-8(4-2-7)11-14-5-9(6-16)15-11/h1-6,10H,(H,14,15). The van der Waals surface area contributed by atoms with Crippen molar-refractivity contribution in [3.05, 3.63) is 41.7 Å². The van der Waals surface area contributed by atoms with Gasteiger partial charge >= 0.3 is 0 Å². The number of alkyl halides is 2. The Hall–Kier alpha value is -2.04. The summed E-state index contributed by atoms with van der Waals surface area (Å²) in [7, 11) is 0. The zero-order valence-electron chi connectivity index (χ0n) is 8.15. The summed E-state index contributed by atoms with van der Waals surface area (Å²) in [6, 6.07) is 5.75. The van der Waals surface area contributed by atoms with E-state index in [9.17, 15) is 13.6 Å². The molecule has 0 atom stereocenters. The normalized spacial score (nSPS) is 10.7. The number of rotatable bonds is 3. The maximum absolute atomic E-state index is 12.3. The molecule has 1 aromatic heterocycles. The lowest BCUT2D eigenvalue weighted by atomic mass is 10.1. The highest BCUT2D eigenvalue weighted by Crippen LogP contribution is 2.22. The Bertz CT molecular complexity index is 491. The van der Waals surface area contributed by atoms with Crippen LogP contribution in [0.4, 0.5) is 8.78 Å². The summed E-state index contributed by atoms with van der Waals surface area (Å²) < 4.78 is 24.6. The van der Waals surface area contributed by atoms with Gasteiger partial charge in [-0.15, -0.1) is 0 Å². The number of hydrogen-bond donors (Lipinski definition) is 1. The fourth-order valence-electron chi connectivity index (χ4n) is 1.33. The van der Waals surface area contributed by atoms with Crippen molar-refractivity contribution in [2.45, 2.75) is 6.43 Å². The van der Waals surface area contributed by atoms with Crippen LogP contribution in [0.5, 0.6) is 0 Å². The molecule has 0 fully saturated rings. The lowest BCUT2D eigenvalue weighted by molar-refractivity contribution is 0.111. The van der Waals surface area contributed by atoms with Crippen molar-refractivity contribution < 1.29 is 13.6 Å². The van der Waals surface area contributed by atoms with Crippen molar-refractivity contribution in [1.29, 1.82) is 0 Å². The molecule has 1 N–H and O–H groups in total. The molecule has 0 aliphatic carbocycles. The first-order valence-electron chi connectivity index (χ1n) is 4.59. The molecule has 0 unspecified atom stereocenters. The lowest BCUT2D eigenvalue weighted by Gasteiger charge is -2.00. The fourth-order valence-corrected chi connectivity index (χ4v) is 1.33. The molecule has 2 aromatic rings. The van der Waals surface area contributed by atoms with E-state index in [1.54, 1.807) is 0 Å². The first-order chi connectivity index (χ1) is 7.70. The van der Waals surface area contributed by atoms with E-state index in [1.807, 2.05) is 0 Å². The summed E-state index contributed by atoms with van der Waals surface area (Å²) in [6.07, 6.45) is -0.441. The van der Waals surface area contributed by atoms with Gasteiger partial charge in [0.2, 0.25) is 0 Å². The molecular weight excluding hydrogens is 214 g/mol. The molecule has 1 heterocycles. The van der Waals surface area contributed by atoms with E-state index in [0.717, 1.165) is 0 Å². The molecule has 0 spiro atoms. The van der Waals surface area contributed by atoms with Gasteiger partial charge in [0.05, 0.1) is 11.9 Å². The van der Waals surface area contributed by atoms with E-state index in [4.69, 9.17) is 0 Å². The maximum Gasteiger partial charge on any atom is 0.263 e. The molecular formula is C11H8F2N2O. The molecule has 1 aromatic carbocycles. The number of imidazole rings is 1. The molecule has 3 nitrogen and oxygen atoms in total. The van der Waals surface area contributed by atoms with E-state index in [1.165, 1.54) is 30.5 Å². The van der Waals surface area contributed by atoms with Crippen LogP contribution in [0.15, 0.2) is 30.5 Å². The Morgan fingerprint density at radius 3 is 2.44 bits per heavy atom. The average molecular weight is 222 g/mol. The number of H-pyrrole nitrogens is 1. The van der Waals surface area contributed by atoms with Crippen LogP contribution in [0, 0.1) is 0 Å². The van der Waals surface area contributed by atoms with Gasteiger partial charge in [0.15, 0.2) is 6.29 Å². The van der Waals surface area contributed by atoms with Gasteiger partial charge in [-0.1, -0.05) is 24.3 Å². The Kier molecular flexibility index (Phi) is 2.76. The molecule has 82 valence electrons. The van der Waals surface area contributed by atoms with Crippen LogP contribution in [0.2, 0.25) is 0 Å². The van der Waals surface area contributed by atoms with E-state index >= 15 is 0 Å². The van der Waals surface area contributed by atoms with Crippen molar-refractivity contribution in [3.8, 4) is 11.4 Å². The number of carbonyl (C=O) groups is 1. The molecule has 5 heteroatoms. The number of hydrogen-bond acceptors (Lipinski definition) is 2. The molecule has 0 amide bonds. The van der Waals surface area contributed by atoms with Crippen LogP contribution >= 0.6 is 0 Å². The Labute approximate surface area is 90.1 Å². The van der Waals surface area contributed by atoms with Crippen molar-refractivity contribution in [2.24, 2.45) is 0 Å². The van der Waals surface area contributed by atoms with Crippen molar-refractivity contribution in [1.82, 2.24) is 9.97 Å². The second-order valence-corrected chi connectivity index (χ2v) is 3.23. The van der Waals surface area contributed by atoms with E-state index in [0.29, 0.717) is 23.4 Å². The Balaban J connectivity index is 2.30. The number of aromatic nitrogens is 2. The predicted molar refractivity (Wildman–Crippen MR) is 54.4 cm³/mol. The SMILES string of the molecule is O=Cc1cnc(-c2ccc(C(F)F)cc2)[nH]1. The highest BCUT2D eigenvalue weighted by Gasteiger charge is 2.07. The number of nitrogens with one attached hydrogen (secondary N) is 1. The number of halogens is 2. The summed E-state index contributed by atoms with van der Waals surface area (Å²) in [5.74, 6) is 0.489. The fraction of sp³-hybridized carbons (Fsp3) is 0.0909. The first-order valence-corrected chi connectivity index (χ1v) is 4.59. The summed E-state index contributed by atoms with van der Waals surface area (Å²) >= 11 is 0. The number of nitrogens with zero attached hydrogens (tertiary/aromatic N) is 1. The molecule has 0 bridgehead atoms. The van der Waals surface area contributed by atoms with Gasteiger partial charge in [0, 0.05) is 11.1 Å².